The highest BCUT2D eigenvalue weighted by atomic mass is 35.5. The van der Waals surface area contributed by atoms with Crippen molar-refractivity contribution in [3.63, 3.8) is 0 Å². The third-order valence-electron chi connectivity index (χ3n) is 4.85. The van der Waals surface area contributed by atoms with Gasteiger partial charge in [0.2, 0.25) is 11.9 Å². The Morgan fingerprint density at radius 3 is 2.22 bits per heavy atom. The molecule has 0 radical (unpaired) electrons. The third-order valence-corrected chi connectivity index (χ3v) is 6.56. The topological polar surface area (TPSA) is 84.0 Å². The summed E-state index contributed by atoms with van der Waals surface area (Å²) < 4.78 is -1.32. The van der Waals surface area contributed by atoms with E-state index < -0.39 is 28.0 Å². The minimum absolute atomic E-state index is 0.123. The number of hydrogen-bond donors (Lipinski definition) is 2. The highest BCUT2D eigenvalue weighted by molar-refractivity contribution is 6.53. The summed E-state index contributed by atoms with van der Waals surface area (Å²) in [4.78, 5) is 33.3. The van der Waals surface area contributed by atoms with Gasteiger partial charge in [0.25, 0.3) is 5.91 Å². The normalized spacial score (nSPS) is 18.7. The third kappa shape index (κ3) is 4.80. The Morgan fingerprint density at radius 1 is 0.906 bits per heavy atom. The largest absolute Gasteiger partial charge is 0.326 e. The molecule has 0 unspecified atom stereocenters. The zero-order chi connectivity index (χ0) is 23.0. The average molecular weight is 531 g/mol. The van der Waals surface area contributed by atoms with Gasteiger partial charge in [-0.15, -0.1) is 23.2 Å². The lowest BCUT2D eigenvalue weighted by molar-refractivity contribution is -0.117. The van der Waals surface area contributed by atoms with Gasteiger partial charge in [0, 0.05) is 34.0 Å². The maximum absolute atomic E-state index is 12.9. The standard InChI is InChI=1S/C21H13Cl5N4O2/c22-11-6-10(7-12(23)8-11)16-17(21(16,25)26)19(32)29-13-2-3-15(24)14(9-13)18(31)30-20-27-4-1-5-28-20/h1-9,16-17H,(H,29,32)(H,27,28,30,31)/t16-,17+/m1/s1. The number of hydrogen-bond acceptors (Lipinski definition) is 4. The monoisotopic (exact) mass is 528 g/mol. The molecular weight excluding hydrogens is 518 g/mol. The predicted octanol–water partition coefficient (Wildman–Crippen LogP) is 6.22. The SMILES string of the molecule is O=C(Nc1ncccn1)c1cc(NC(=O)[C@@H]2[C@@H](c3cc(Cl)cc(Cl)c3)C2(Cl)Cl)ccc1Cl. The molecule has 2 aromatic carbocycles. The highest BCUT2D eigenvalue weighted by Crippen LogP contribution is 2.65. The van der Waals surface area contributed by atoms with Crippen LogP contribution in [-0.4, -0.2) is 26.1 Å². The van der Waals surface area contributed by atoms with Crippen LogP contribution in [0.1, 0.15) is 21.8 Å². The smallest absolute Gasteiger partial charge is 0.259 e. The first kappa shape index (κ1) is 23.1. The van der Waals surface area contributed by atoms with Crippen molar-refractivity contribution < 1.29 is 9.59 Å². The molecule has 164 valence electrons. The lowest BCUT2D eigenvalue weighted by atomic mass is 10.1. The van der Waals surface area contributed by atoms with Gasteiger partial charge in [0.05, 0.1) is 16.5 Å². The maximum atomic E-state index is 12.9. The second-order valence-electron chi connectivity index (χ2n) is 7.04. The van der Waals surface area contributed by atoms with E-state index in [9.17, 15) is 9.59 Å². The van der Waals surface area contributed by atoms with E-state index in [0.29, 0.717) is 21.3 Å². The highest BCUT2D eigenvalue weighted by Gasteiger charge is 2.67. The second-order valence-corrected chi connectivity index (χ2v) is 9.77. The first-order chi connectivity index (χ1) is 15.2. The van der Waals surface area contributed by atoms with Crippen LogP contribution < -0.4 is 10.6 Å². The van der Waals surface area contributed by atoms with Crippen LogP contribution in [0.4, 0.5) is 11.6 Å². The summed E-state index contributed by atoms with van der Waals surface area (Å²) in [6.07, 6.45) is 2.98. The van der Waals surface area contributed by atoms with E-state index in [2.05, 4.69) is 20.6 Å². The van der Waals surface area contributed by atoms with Crippen molar-refractivity contribution in [3.8, 4) is 0 Å². The van der Waals surface area contributed by atoms with Gasteiger partial charge < -0.3 is 5.32 Å². The van der Waals surface area contributed by atoms with E-state index in [1.54, 1.807) is 30.3 Å². The van der Waals surface area contributed by atoms with Crippen molar-refractivity contribution in [2.24, 2.45) is 5.92 Å². The number of benzene rings is 2. The molecule has 1 saturated carbocycles. The van der Waals surface area contributed by atoms with Gasteiger partial charge in [-0.25, -0.2) is 9.97 Å². The number of halogens is 5. The summed E-state index contributed by atoms with van der Waals surface area (Å²) in [7, 11) is 0. The molecule has 2 atom stereocenters. The number of alkyl halides is 2. The van der Waals surface area contributed by atoms with Gasteiger partial charge in [-0.2, -0.15) is 0 Å². The molecule has 32 heavy (non-hydrogen) atoms. The molecule has 2 N–H and O–H groups in total. The van der Waals surface area contributed by atoms with Gasteiger partial charge in [0.1, 0.15) is 4.33 Å². The number of nitrogens with one attached hydrogen (secondary N) is 2. The molecule has 0 aliphatic heterocycles. The molecule has 0 saturated heterocycles. The molecule has 6 nitrogen and oxygen atoms in total. The molecule has 2 amide bonds. The molecule has 1 aliphatic rings. The van der Waals surface area contributed by atoms with E-state index in [-0.39, 0.29) is 16.5 Å². The van der Waals surface area contributed by atoms with Crippen molar-refractivity contribution in [2.75, 3.05) is 10.6 Å². The van der Waals surface area contributed by atoms with Gasteiger partial charge >= 0.3 is 0 Å². The van der Waals surface area contributed by atoms with Crippen LogP contribution in [0.25, 0.3) is 0 Å². The van der Waals surface area contributed by atoms with Crippen LogP contribution in [0, 0.1) is 5.92 Å². The van der Waals surface area contributed by atoms with Gasteiger partial charge in [-0.3, -0.25) is 14.9 Å². The summed E-state index contributed by atoms with van der Waals surface area (Å²) in [5.74, 6) is -2.06. The van der Waals surface area contributed by atoms with Crippen LogP contribution in [-0.2, 0) is 4.79 Å². The van der Waals surface area contributed by atoms with Gasteiger partial charge in [-0.1, -0.05) is 34.8 Å². The molecule has 1 aliphatic carbocycles. The predicted molar refractivity (Wildman–Crippen MR) is 127 cm³/mol. The Kier molecular flexibility index (Phi) is 6.52. The molecule has 1 fully saturated rings. The molecule has 0 bridgehead atoms. The van der Waals surface area contributed by atoms with Crippen LogP contribution in [0.15, 0.2) is 54.9 Å². The molecule has 1 heterocycles. The first-order valence-electron chi connectivity index (χ1n) is 9.19. The van der Waals surface area contributed by atoms with Crippen molar-refractivity contribution in [1.82, 2.24) is 9.97 Å². The quantitative estimate of drug-likeness (QED) is 0.384. The lowest BCUT2D eigenvalue weighted by Crippen LogP contribution is -2.18. The zero-order valence-corrected chi connectivity index (χ0v) is 19.7. The van der Waals surface area contributed by atoms with E-state index in [1.165, 1.54) is 24.5 Å². The van der Waals surface area contributed by atoms with Gasteiger partial charge in [0.15, 0.2) is 0 Å². The van der Waals surface area contributed by atoms with Gasteiger partial charge in [-0.05, 0) is 48.0 Å². The summed E-state index contributed by atoms with van der Waals surface area (Å²) in [5, 5.41) is 6.30. The number of rotatable bonds is 5. The molecule has 11 heteroatoms. The molecule has 1 aromatic heterocycles. The maximum Gasteiger partial charge on any atom is 0.259 e. The number of aromatic nitrogens is 2. The minimum atomic E-state index is -1.32. The lowest BCUT2D eigenvalue weighted by Gasteiger charge is -2.09. The Labute approximate surface area is 208 Å². The van der Waals surface area contributed by atoms with Crippen molar-refractivity contribution in [3.05, 3.63) is 81.1 Å². The fourth-order valence-electron chi connectivity index (χ4n) is 3.35. The molecule has 4 rings (SSSR count). The average Bonchev–Trinajstić information content (AvgIpc) is 3.31. The molecular formula is C21H13Cl5N4O2. The summed E-state index contributed by atoms with van der Waals surface area (Å²) in [6.45, 7) is 0. The van der Waals surface area contributed by atoms with Crippen molar-refractivity contribution in [1.29, 1.82) is 0 Å². The number of amides is 2. The Balaban J connectivity index is 1.51. The van der Waals surface area contributed by atoms with Crippen LogP contribution in [0.5, 0.6) is 0 Å². The fraction of sp³-hybridized carbons (Fsp3) is 0.143. The summed E-state index contributed by atoms with van der Waals surface area (Å²) in [5.41, 5.74) is 1.14. The first-order valence-corrected chi connectivity index (χ1v) is 11.1. The number of nitrogens with zero attached hydrogens (tertiary/aromatic N) is 2. The Bertz CT molecular complexity index is 1190. The van der Waals surface area contributed by atoms with Crippen LogP contribution >= 0.6 is 58.0 Å². The van der Waals surface area contributed by atoms with E-state index in [4.69, 9.17) is 58.0 Å². The van der Waals surface area contributed by atoms with E-state index >= 15 is 0 Å². The number of carbonyl (C=O) groups is 2. The number of carbonyl (C=O) groups excluding carboxylic acids is 2. The Morgan fingerprint density at radius 2 is 1.56 bits per heavy atom. The second kappa shape index (κ2) is 9.04. The zero-order valence-electron chi connectivity index (χ0n) is 16.0. The minimum Gasteiger partial charge on any atom is -0.326 e. The van der Waals surface area contributed by atoms with E-state index in [1.807, 2.05) is 0 Å². The van der Waals surface area contributed by atoms with Crippen molar-refractivity contribution in [2.45, 2.75) is 10.3 Å². The van der Waals surface area contributed by atoms with Crippen LogP contribution in [0.3, 0.4) is 0 Å². The van der Waals surface area contributed by atoms with Crippen LogP contribution in [0.2, 0.25) is 15.1 Å². The Hall–Kier alpha value is -2.09. The summed E-state index contributed by atoms with van der Waals surface area (Å²) in [6, 6.07) is 11.0. The molecule has 3 aromatic rings. The van der Waals surface area contributed by atoms with Crippen molar-refractivity contribution >= 4 is 81.5 Å². The fourth-order valence-corrected chi connectivity index (χ4v) is 4.93. The summed E-state index contributed by atoms with van der Waals surface area (Å²) >= 11 is 31.1. The van der Waals surface area contributed by atoms with E-state index in [0.717, 1.165) is 0 Å². The molecule has 0 spiro atoms. The number of anilines is 2.